The Labute approximate surface area is 106 Å². The van der Waals surface area contributed by atoms with Crippen molar-refractivity contribution in [2.45, 2.75) is 31.8 Å². The highest BCUT2D eigenvalue weighted by Gasteiger charge is 2.47. The van der Waals surface area contributed by atoms with E-state index in [1.54, 1.807) is 4.90 Å². The number of nitrogens with zero attached hydrogens (tertiary/aromatic N) is 1. The average Bonchev–Trinajstić information content (AvgIpc) is 2.91. The fraction of sp³-hybridized carbons (Fsp3) is 0.846. The number of hydrogen-bond donors (Lipinski definition) is 1. The van der Waals surface area contributed by atoms with Gasteiger partial charge in [-0.2, -0.15) is 0 Å². The molecule has 1 saturated carbocycles. The highest BCUT2D eigenvalue weighted by atomic mass is 16.5. The van der Waals surface area contributed by atoms with Crippen molar-refractivity contribution in [1.29, 1.82) is 0 Å². The van der Waals surface area contributed by atoms with Gasteiger partial charge < -0.3 is 14.7 Å². The lowest BCUT2D eigenvalue weighted by Crippen LogP contribution is -2.38. The highest BCUT2D eigenvalue weighted by Crippen LogP contribution is 2.44. The Hall–Kier alpha value is -1.10. The standard InChI is InChI=1S/C13H19NO4/c15-12(11-2-1-5-18-11)14-6-9(8-3-4-8)10(7-14)13(16)17/h8-11H,1-7H2,(H,16,17)/t9-,10+,11+/m1/s1. The van der Waals surface area contributed by atoms with Gasteiger partial charge in [0, 0.05) is 19.7 Å². The molecule has 2 heterocycles. The number of carboxylic acid groups (broad SMARTS) is 1. The van der Waals surface area contributed by atoms with Gasteiger partial charge in [-0.3, -0.25) is 9.59 Å². The van der Waals surface area contributed by atoms with Crippen LogP contribution in [-0.4, -0.2) is 47.7 Å². The van der Waals surface area contributed by atoms with Crippen LogP contribution in [0.4, 0.5) is 0 Å². The van der Waals surface area contributed by atoms with Crippen molar-refractivity contribution in [3.63, 3.8) is 0 Å². The predicted molar refractivity (Wildman–Crippen MR) is 62.9 cm³/mol. The molecule has 100 valence electrons. The Morgan fingerprint density at radius 2 is 1.94 bits per heavy atom. The third-order valence-corrected chi connectivity index (χ3v) is 4.43. The summed E-state index contributed by atoms with van der Waals surface area (Å²) in [5.74, 6) is -0.444. The van der Waals surface area contributed by atoms with E-state index >= 15 is 0 Å². The fourth-order valence-corrected chi connectivity index (χ4v) is 3.25. The van der Waals surface area contributed by atoms with Crippen molar-refractivity contribution >= 4 is 11.9 Å². The summed E-state index contributed by atoms with van der Waals surface area (Å²) in [7, 11) is 0. The number of ether oxygens (including phenoxy) is 1. The first-order chi connectivity index (χ1) is 8.66. The van der Waals surface area contributed by atoms with Crippen LogP contribution in [0.5, 0.6) is 0 Å². The van der Waals surface area contributed by atoms with E-state index in [9.17, 15) is 14.7 Å². The zero-order valence-corrected chi connectivity index (χ0v) is 10.4. The lowest BCUT2D eigenvalue weighted by Gasteiger charge is -2.19. The van der Waals surface area contributed by atoms with E-state index in [-0.39, 0.29) is 23.8 Å². The molecule has 1 N–H and O–H groups in total. The molecule has 2 saturated heterocycles. The molecule has 0 radical (unpaired) electrons. The lowest BCUT2D eigenvalue weighted by atomic mass is 9.92. The van der Waals surface area contributed by atoms with E-state index in [4.69, 9.17) is 4.74 Å². The Balaban J connectivity index is 1.67. The number of rotatable bonds is 3. The van der Waals surface area contributed by atoms with E-state index in [0.29, 0.717) is 25.6 Å². The third kappa shape index (κ3) is 2.11. The monoisotopic (exact) mass is 253 g/mol. The molecule has 3 fully saturated rings. The van der Waals surface area contributed by atoms with Gasteiger partial charge in [-0.25, -0.2) is 0 Å². The number of carbonyl (C=O) groups excluding carboxylic acids is 1. The van der Waals surface area contributed by atoms with Crippen molar-refractivity contribution in [1.82, 2.24) is 4.90 Å². The molecule has 3 rings (SSSR count). The fourth-order valence-electron chi connectivity index (χ4n) is 3.25. The molecule has 0 aromatic rings. The van der Waals surface area contributed by atoms with Crippen LogP contribution in [0.25, 0.3) is 0 Å². The van der Waals surface area contributed by atoms with Gasteiger partial charge >= 0.3 is 5.97 Å². The number of carboxylic acids is 1. The van der Waals surface area contributed by atoms with E-state index in [1.165, 1.54) is 0 Å². The molecule has 18 heavy (non-hydrogen) atoms. The Bertz CT molecular complexity index is 360. The van der Waals surface area contributed by atoms with Gasteiger partial charge in [0.05, 0.1) is 5.92 Å². The molecule has 0 bridgehead atoms. The van der Waals surface area contributed by atoms with Crippen LogP contribution < -0.4 is 0 Å². The first-order valence-electron chi connectivity index (χ1n) is 6.80. The minimum absolute atomic E-state index is 0.00176. The first kappa shape index (κ1) is 12.0. The highest BCUT2D eigenvalue weighted by molar-refractivity contribution is 5.83. The maximum atomic E-state index is 12.2. The minimum Gasteiger partial charge on any atom is -0.481 e. The second-order valence-electron chi connectivity index (χ2n) is 5.69. The zero-order chi connectivity index (χ0) is 12.7. The molecule has 0 spiro atoms. The summed E-state index contributed by atoms with van der Waals surface area (Å²) in [5.41, 5.74) is 0. The number of hydrogen-bond acceptors (Lipinski definition) is 3. The maximum absolute atomic E-state index is 12.2. The summed E-state index contributed by atoms with van der Waals surface area (Å²) >= 11 is 0. The van der Waals surface area contributed by atoms with Crippen molar-refractivity contribution in [2.75, 3.05) is 19.7 Å². The third-order valence-electron chi connectivity index (χ3n) is 4.43. The maximum Gasteiger partial charge on any atom is 0.308 e. The summed E-state index contributed by atoms with van der Waals surface area (Å²) in [6.45, 7) is 1.63. The van der Waals surface area contributed by atoms with E-state index in [0.717, 1.165) is 25.7 Å². The normalized spacial score (nSPS) is 36.0. The number of amides is 1. The summed E-state index contributed by atoms with van der Waals surface area (Å²) in [4.78, 5) is 25.2. The van der Waals surface area contributed by atoms with Crippen LogP contribution in [0.15, 0.2) is 0 Å². The van der Waals surface area contributed by atoms with Gasteiger partial charge in [0.2, 0.25) is 0 Å². The molecular weight excluding hydrogens is 234 g/mol. The minimum atomic E-state index is -0.755. The van der Waals surface area contributed by atoms with Gasteiger partial charge in [-0.1, -0.05) is 0 Å². The molecule has 5 heteroatoms. The van der Waals surface area contributed by atoms with Crippen LogP contribution >= 0.6 is 0 Å². The van der Waals surface area contributed by atoms with E-state index < -0.39 is 5.97 Å². The SMILES string of the molecule is O=C(O)[C@H]1CN(C(=O)[C@@H]2CCCO2)C[C@@H]1C1CC1. The van der Waals surface area contributed by atoms with Crippen molar-refractivity contribution in [3.05, 3.63) is 0 Å². The summed E-state index contributed by atoms with van der Waals surface area (Å²) in [5, 5.41) is 9.26. The van der Waals surface area contributed by atoms with Gasteiger partial charge in [0.1, 0.15) is 6.10 Å². The lowest BCUT2D eigenvalue weighted by molar-refractivity contribution is -0.143. The van der Waals surface area contributed by atoms with Crippen LogP contribution in [0.3, 0.4) is 0 Å². The predicted octanol–water partition coefficient (Wildman–Crippen LogP) is 0.735. The zero-order valence-electron chi connectivity index (χ0n) is 10.4. The number of aliphatic carboxylic acids is 1. The molecule has 0 aromatic carbocycles. The molecule has 0 aromatic heterocycles. The first-order valence-corrected chi connectivity index (χ1v) is 6.80. The molecule has 1 amide bonds. The van der Waals surface area contributed by atoms with Crippen LogP contribution in [0.1, 0.15) is 25.7 Å². The molecule has 3 atom stereocenters. The topological polar surface area (TPSA) is 66.8 Å². The quantitative estimate of drug-likeness (QED) is 0.805. The second kappa shape index (κ2) is 4.53. The van der Waals surface area contributed by atoms with Crippen LogP contribution in [-0.2, 0) is 14.3 Å². The molecule has 1 aliphatic carbocycles. The van der Waals surface area contributed by atoms with Crippen molar-refractivity contribution in [3.8, 4) is 0 Å². The number of carbonyl (C=O) groups is 2. The second-order valence-corrected chi connectivity index (χ2v) is 5.69. The van der Waals surface area contributed by atoms with Crippen molar-refractivity contribution in [2.24, 2.45) is 17.8 Å². The van der Waals surface area contributed by atoms with Crippen LogP contribution in [0.2, 0.25) is 0 Å². The molecule has 5 nitrogen and oxygen atoms in total. The molecule has 2 aliphatic heterocycles. The van der Waals surface area contributed by atoms with Gasteiger partial charge in [-0.05, 0) is 37.5 Å². The van der Waals surface area contributed by atoms with E-state index in [2.05, 4.69) is 0 Å². The summed E-state index contributed by atoms with van der Waals surface area (Å²) < 4.78 is 5.40. The van der Waals surface area contributed by atoms with Crippen LogP contribution in [0, 0.1) is 17.8 Å². The molecule has 0 unspecified atom stereocenters. The van der Waals surface area contributed by atoms with E-state index in [1.807, 2.05) is 0 Å². The number of likely N-dealkylation sites (tertiary alicyclic amines) is 1. The van der Waals surface area contributed by atoms with Gasteiger partial charge in [-0.15, -0.1) is 0 Å². The Morgan fingerprint density at radius 3 is 2.50 bits per heavy atom. The summed E-state index contributed by atoms with van der Waals surface area (Å²) in [6.07, 6.45) is 3.63. The van der Waals surface area contributed by atoms with Gasteiger partial charge in [0.25, 0.3) is 5.91 Å². The van der Waals surface area contributed by atoms with Crippen molar-refractivity contribution < 1.29 is 19.4 Å². The van der Waals surface area contributed by atoms with Gasteiger partial charge in [0.15, 0.2) is 0 Å². The Morgan fingerprint density at radius 1 is 1.17 bits per heavy atom. The average molecular weight is 253 g/mol. The summed E-state index contributed by atoms with van der Waals surface area (Å²) in [6, 6.07) is 0. The smallest absolute Gasteiger partial charge is 0.308 e. The largest absolute Gasteiger partial charge is 0.481 e. The Kier molecular flexibility index (Phi) is 3.01. The molecular formula is C13H19NO4. The molecule has 3 aliphatic rings.